The molecule has 0 atom stereocenters. The largest absolute Gasteiger partial charge is 0.396 e. The third-order valence-electron chi connectivity index (χ3n) is 1.54. The predicted molar refractivity (Wildman–Crippen MR) is 52.3 cm³/mol. The van der Waals surface area contributed by atoms with E-state index < -0.39 is 0 Å². The van der Waals surface area contributed by atoms with Gasteiger partial charge in [-0.1, -0.05) is 11.8 Å². The molecule has 0 unspecified atom stereocenters. The Balaban J connectivity index is 2.49. The van der Waals surface area contributed by atoms with Crippen molar-refractivity contribution in [3.05, 3.63) is 21.9 Å². The van der Waals surface area contributed by atoms with Crippen LogP contribution in [0.1, 0.15) is 23.3 Å². The van der Waals surface area contributed by atoms with Crippen LogP contribution in [0.4, 0.5) is 0 Å². The summed E-state index contributed by atoms with van der Waals surface area (Å²) in [5, 5.41) is 10.6. The van der Waals surface area contributed by atoms with Crippen LogP contribution in [0.2, 0.25) is 0 Å². The van der Waals surface area contributed by atoms with Gasteiger partial charge in [0.25, 0.3) is 0 Å². The molecular weight excluding hydrogens is 168 g/mol. The number of aliphatic hydroxyl groups excluding tert-OH is 1. The van der Waals surface area contributed by atoms with E-state index in [0.29, 0.717) is 0 Å². The molecule has 1 rings (SSSR count). The highest BCUT2D eigenvalue weighted by molar-refractivity contribution is 7.10. The van der Waals surface area contributed by atoms with Crippen LogP contribution >= 0.6 is 11.3 Å². The van der Waals surface area contributed by atoms with Gasteiger partial charge in [-0.2, -0.15) is 0 Å². The summed E-state index contributed by atoms with van der Waals surface area (Å²) in [6.45, 7) is 2.30. The Morgan fingerprint density at radius 1 is 1.58 bits per heavy atom. The monoisotopic (exact) mass is 180 g/mol. The summed E-state index contributed by atoms with van der Waals surface area (Å²) in [4.78, 5) is 1.27. The van der Waals surface area contributed by atoms with Crippen LogP contribution in [-0.2, 0) is 0 Å². The summed E-state index contributed by atoms with van der Waals surface area (Å²) < 4.78 is 0. The number of aryl methyl sites for hydroxylation is 1. The summed E-state index contributed by atoms with van der Waals surface area (Å²) in [5.74, 6) is 6.10. The maximum Gasteiger partial charge on any atom is 0.0440 e. The molecular formula is C10H12OS. The van der Waals surface area contributed by atoms with Crippen molar-refractivity contribution in [1.29, 1.82) is 0 Å². The van der Waals surface area contributed by atoms with Crippen molar-refractivity contribution in [3.63, 3.8) is 0 Å². The summed E-state index contributed by atoms with van der Waals surface area (Å²) in [6, 6.07) is 2.03. The Bertz CT molecular complexity index is 290. The number of thiophene rings is 1. The van der Waals surface area contributed by atoms with E-state index in [1.54, 1.807) is 11.3 Å². The molecule has 0 bridgehead atoms. The minimum Gasteiger partial charge on any atom is -0.396 e. The Hall–Kier alpha value is -0.780. The number of rotatable bonds is 2. The Kier molecular flexibility index (Phi) is 3.86. The van der Waals surface area contributed by atoms with Gasteiger partial charge in [-0.25, -0.2) is 0 Å². The minimum absolute atomic E-state index is 0.233. The zero-order chi connectivity index (χ0) is 8.81. The number of aliphatic hydroxyl groups is 1. The fraction of sp³-hybridized carbons (Fsp3) is 0.400. The molecule has 0 saturated heterocycles. The number of hydrogen-bond acceptors (Lipinski definition) is 2. The Labute approximate surface area is 77.1 Å². The number of hydrogen-bond donors (Lipinski definition) is 1. The van der Waals surface area contributed by atoms with Gasteiger partial charge in [-0.3, -0.25) is 0 Å². The lowest BCUT2D eigenvalue weighted by atomic mass is 10.2. The molecule has 0 radical (unpaired) electrons. The average Bonchev–Trinajstić information content (AvgIpc) is 2.46. The highest BCUT2D eigenvalue weighted by Crippen LogP contribution is 2.13. The van der Waals surface area contributed by atoms with Crippen LogP contribution < -0.4 is 0 Å². The number of unbranched alkanes of at least 4 members (excludes halogenated alkanes) is 1. The maximum absolute atomic E-state index is 8.51. The molecule has 0 saturated carbocycles. The first-order valence-corrected chi connectivity index (χ1v) is 4.86. The van der Waals surface area contributed by atoms with Crippen LogP contribution in [-0.4, -0.2) is 11.7 Å². The SMILES string of the molecule is Cc1sccc1C#CCCCO. The van der Waals surface area contributed by atoms with Crippen molar-refractivity contribution < 1.29 is 5.11 Å². The van der Waals surface area contributed by atoms with E-state index in [0.717, 1.165) is 18.4 Å². The molecule has 0 fully saturated rings. The van der Waals surface area contributed by atoms with Crippen molar-refractivity contribution in [2.24, 2.45) is 0 Å². The quantitative estimate of drug-likeness (QED) is 0.546. The third-order valence-corrected chi connectivity index (χ3v) is 2.39. The molecule has 64 valence electrons. The van der Waals surface area contributed by atoms with Gasteiger partial charge in [0.2, 0.25) is 0 Å². The summed E-state index contributed by atoms with van der Waals surface area (Å²) in [5.41, 5.74) is 1.12. The smallest absolute Gasteiger partial charge is 0.0440 e. The molecule has 0 aliphatic rings. The van der Waals surface area contributed by atoms with Crippen molar-refractivity contribution in [3.8, 4) is 11.8 Å². The van der Waals surface area contributed by atoms with E-state index in [1.165, 1.54) is 4.88 Å². The molecule has 0 amide bonds. The van der Waals surface area contributed by atoms with E-state index in [-0.39, 0.29) is 6.61 Å². The lowest BCUT2D eigenvalue weighted by molar-refractivity contribution is 0.290. The summed E-state index contributed by atoms with van der Waals surface area (Å²) in [7, 11) is 0. The highest BCUT2D eigenvalue weighted by atomic mass is 32.1. The molecule has 12 heavy (non-hydrogen) atoms. The van der Waals surface area contributed by atoms with Crippen LogP contribution in [0.15, 0.2) is 11.4 Å². The first-order valence-electron chi connectivity index (χ1n) is 3.98. The first kappa shape index (κ1) is 9.31. The molecule has 0 aromatic carbocycles. The highest BCUT2D eigenvalue weighted by Gasteiger charge is 1.92. The van der Waals surface area contributed by atoms with Crippen molar-refractivity contribution in [1.82, 2.24) is 0 Å². The van der Waals surface area contributed by atoms with Crippen molar-refractivity contribution in [2.75, 3.05) is 6.61 Å². The molecule has 1 N–H and O–H groups in total. The average molecular weight is 180 g/mol. The minimum atomic E-state index is 0.233. The first-order chi connectivity index (χ1) is 5.84. The normalized spacial score (nSPS) is 9.17. The molecule has 0 aliphatic carbocycles. The van der Waals surface area contributed by atoms with Gasteiger partial charge in [0.15, 0.2) is 0 Å². The molecule has 0 spiro atoms. The van der Waals surface area contributed by atoms with Crippen LogP contribution in [0, 0.1) is 18.8 Å². The van der Waals surface area contributed by atoms with E-state index in [4.69, 9.17) is 5.11 Å². The molecule has 1 nitrogen and oxygen atoms in total. The standard InChI is InChI=1S/C10H12OS/c1-9-10(6-8-12-9)5-3-2-4-7-11/h6,8,11H,2,4,7H2,1H3. The van der Waals surface area contributed by atoms with Gasteiger partial charge in [0.1, 0.15) is 0 Å². The molecule has 0 aliphatic heterocycles. The second-order valence-electron chi connectivity index (χ2n) is 2.52. The summed E-state index contributed by atoms with van der Waals surface area (Å²) in [6.07, 6.45) is 1.56. The second-order valence-corrected chi connectivity index (χ2v) is 3.64. The van der Waals surface area contributed by atoms with Gasteiger partial charge >= 0.3 is 0 Å². The van der Waals surface area contributed by atoms with Gasteiger partial charge in [0, 0.05) is 23.5 Å². The topological polar surface area (TPSA) is 20.2 Å². The van der Waals surface area contributed by atoms with Crippen LogP contribution in [0.25, 0.3) is 0 Å². The van der Waals surface area contributed by atoms with Crippen molar-refractivity contribution in [2.45, 2.75) is 19.8 Å². The Morgan fingerprint density at radius 2 is 2.42 bits per heavy atom. The molecule has 1 aromatic heterocycles. The molecule has 2 heteroatoms. The van der Waals surface area contributed by atoms with E-state index >= 15 is 0 Å². The zero-order valence-electron chi connectivity index (χ0n) is 7.13. The lowest BCUT2D eigenvalue weighted by Gasteiger charge is -1.85. The van der Waals surface area contributed by atoms with Gasteiger partial charge in [-0.15, -0.1) is 11.3 Å². The molecule has 1 heterocycles. The van der Waals surface area contributed by atoms with Crippen LogP contribution in [0.3, 0.4) is 0 Å². The third kappa shape index (κ3) is 2.69. The van der Waals surface area contributed by atoms with E-state index in [1.807, 2.05) is 11.4 Å². The fourth-order valence-corrected chi connectivity index (χ4v) is 1.49. The zero-order valence-corrected chi connectivity index (χ0v) is 7.95. The van der Waals surface area contributed by atoms with E-state index in [2.05, 4.69) is 18.8 Å². The van der Waals surface area contributed by atoms with Crippen LogP contribution in [0.5, 0.6) is 0 Å². The van der Waals surface area contributed by atoms with Gasteiger partial charge in [-0.05, 0) is 24.8 Å². The van der Waals surface area contributed by atoms with Gasteiger partial charge in [0.05, 0.1) is 0 Å². The maximum atomic E-state index is 8.51. The Morgan fingerprint density at radius 3 is 3.00 bits per heavy atom. The predicted octanol–water partition coefficient (Wildman–Crippen LogP) is 2.18. The lowest BCUT2D eigenvalue weighted by Crippen LogP contribution is -1.79. The van der Waals surface area contributed by atoms with Crippen molar-refractivity contribution >= 4 is 11.3 Å². The fourth-order valence-electron chi connectivity index (χ4n) is 0.840. The van der Waals surface area contributed by atoms with E-state index in [9.17, 15) is 0 Å². The second kappa shape index (κ2) is 4.97. The summed E-state index contributed by atoms with van der Waals surface area (Å²) >= 11 is 1.72. The van der Waals surface area contributed by atoms with Gasteiger partial charge < -0.3 is 5.11 Å². The molecule has 1 aromatic rings.